The Bertz CT molecular complexity index is 952. The first-order chi connectivity index (χ1) is 20.3. The molecule has 0 aliphatic rings. The summed E-state index contributed by atoms with van der Waals surface area (Å²) in [7, 11) is -4.80. The molecule has 0 fully saturated rings. The van der Waals surface area contributed by atoms with Crippen molar-refractivity contribution < 1.29 is 83.4 Å². The van der Waals surface area contributed by atoms with E-state index in [9.17, 15) is 22.6 Å². The van der Waals surface area contributed by atoms with E-state index in [4.69, 9.17) is 9.47 Å². The Morgan fingerprint density at radius 2 is 0.977 bits per heavy atom. The van der Waals surface area contributed by atoms with E-state index >= 15 is 0 Å². The Balaban J connectivity index is 0.0000176. The molecule has 1 rings (SSSR count). The molecular weight excluding hydrogens is 592 g/mol. The van der Waals surface area contributed by atoms with E-state index in [0.717, 1.165) is 19.3 Å². The molecular formula is C34H57KO7S. The summed E-state index contributed by atoms with van der Waals surface area (Å²) in [6, 6.07) is 5.87. The smallest absolute Gasteiger partial charge is 0.745 e. The molecule has 0 bridgehead atoms. The molecule has 1 aromatic rings. The van der Waals surface area contributed by atoms with Crippen molar-refractivity contribution >= 4 is 22.1 Å². The summed E-state index contributed by atoms with van der Waals surface area (Å²) in [5.74, 6) is -1.71. The normalized spacial score (nSPS) is 12.0. The Kier molecular flexibility index (Phi) is 27.8. The Hall–Kier alpha value is -0.294. The summed E-state index contributed by atoms with van der Waals surface area (Å²) in [5.41, 5.74) is -1.93. The number of esters is 2. The van der Waals surface area contributed by atoms with E-state index < -0.39 is 27.5 Å². The van der Waals surface area contributed by atoms with Crippen LogP contribution in [0, 0.1) is 0 Å². The number of unbranched alkanes of at least 4 members (excludes halogenated alkanes) is 20. The molecule has 1 atom stereocenters. The molecule has 0 saturated carbocycles. The predicted molar refractivity (Wildman–Crippen MR) is 169 cm³/mol. The predicted octanol–water partition coefficient (Wildman–Crippen LogP) is 6.50. The van der Waals surface area contributed by atoms with Crippen LogP contribution >= 0.6 is 0 Å². The third-order valence-corrected chi connectivity index (χ3v) is 8.82. The number of rotatable bonds is 27. The van der Waals surface area contributed by atoms with Gasteiger partial charge < -0.3 is 14.0 Å². The van der Waals surface area contributed by atoms with E-state index in [1.165, 1.54) is 141 Å². The second kappa shape index (κ2) is 28.0. The van der Waals surface area contributed by atoms with Crippen molar-refractivity contribution in [2.24, 2.45) is 0 Å². The summed E-state index contributed by atoms with van der Waals surface area (Å²) >= 11 is 0. The van der Waals surface area contributed by atoms with Crippen molar-refractivity contribution in [3.8, 4) is 0 Å². The molecule has 43 heavy (non-hydrogen) atoms. The van der Waals surface area contributed by atoms with Crippen LogP contribution in [-0.2, 0) is 19.6 Å². The zero-order valence-electron chi connectivity index (χ0n) is 27.4. The van der Waals surface area contributed by atoms with Gasteiger partial charge in [0.25, 0.3) is 0 Å². The molecule has 0 saturated heterocycles. The minimum Gasteiger partial charge on any atom is -0.745 e. The molecule has 1 unspecified atom stereocenters. The maximum Gasteiger partial charge on any atom is 1.00 e. The van der Waals surface area contributed by atoms with E-state index in [1.807, 2.05) is 0 Å². The van der Waals surface area contributed by atoms with Gasteiger partial charge in [-0.05, 0) is 25.0 Å². The van der Waals surface area contributed by atoms with Crippen LogP contribution in [0.25, 0.3) is 0 Å². The van der Waals surface area contributed by atoms with E-state index in [1.54, 1.807) is 6.07 Å². The van der Waals surface area contributed by atoms with E-state index in [2.05, 4.69) is 6.92 Å². The van der Waals surface area contributed by atoms with Crippen molar-refractivity contribution in [2.45, 2.75) is 161 Å². The van der Waals surface area contributed by atoms with Crippen molar-refractivity contribution in [3.05, 3.63) is 35.4 Å². The SMILES string of the molecule is CCCCCCCCCCCCCCCCCCCCCCCOC(=O)c1ccccc1C(=O)OC(CC)S(=O)(=O)[O-].[K+]. The molecule has 0 aromatic heterocycles. The summed E-state index contributed by atoms with van der Waals surface area (Å²) in [4.78, 5) is 24.9. The Morgan fingerprint density at radius 3 is 1.33 bits per heavy atom. The van der Waals surface area contributed by atoms with Crippen molar-refractivity contribution in [1.29, 1.82) is 0 Å². The molecule has 0 heterocycles. The van der Waals surface area contributed by atoms with Crippen LogP contribution in [0.3, 0.4) is 0 Å². The van der Waals surface area contributed by atoms with Gasteiger partial charge in [-0.25, -0.2) is 18.0 Å². The second-order valence-electron chi connectivity index (χ2n) is 11.5. The largest absolute Gasteiger partial charge is 1.00 e. The summed E-state index contributed by atoms with van der Waals surface area (Å²) in [6.45, 7) is 3.94. The standard InChI is InChI=1S/C34H58O7S.K/c1-3-5-6-7-8-9-10-11-12-13-14-15-16-17-18-19-20-21-22-23-26-29-40-33(35)30-27-24-25-28-31(30)34(36)41-32(4-2)42(37,38)39;/h24-25,27-28,32H,3-23,26,29H2,1-2H3,(H,37,38,39);/q;+1/p-1. The molecule has 1 aromatic carbocycles. The van der Waals surface area contributed by atoms with Crippen LogP contribution in [0.5, 0.6) is 0 Å². The second-order valence-corrected chi connectivity index (χ2v) is 13.0. The van der Waals surface area contributed by atoms with Gasteiger partial charge >= 0.3 is 63.3 Å². The van der Waals surface area contributed by atoms with Crippen LogP contribution in [0.4, 0.5) is 0 Å². The molecule has 0 aliphatic carbocycles. The Morgan fingerprint density at radius 1 is 0.628 bits per heavy atom. The van der Waals surface area contributed by atoms with Crippen LogP contribution in [0.2, 0.25) is 0 Å². The average Bonchev–Trinajstić information content (AvgIpc) is 2.97. The van der Waals surface area contributed by atoms with Gasteiger partial charge in [-0.3, -0.25) is 0 Å². The quantitative estimate of drug-likeness (QED) is 0.0464. The zero-order chi connectivity index (χ0) is 30.9. The molecule has 0 spiro atoms. The zero-order valence-corrected chi connectivity index (χ0v) is 31.4. The third kappa shape index (κ3) is 22.0. The topological polar surface area (TPSA) is 110 Å². The molecule has 0 amide bonds. The first-order valence-electron chi connectivity index (χ1n) is 16.7. The van der Waals surface area contributed by atoms with Crippen molar-refractivity contribution in [3.63, 3.8) is 0 Å². The number of hydrogen-bond acceptors (Lipinski definition) is 7. The number of benzene rings is 1. The van der Waals surface area contributed by atoms with Gasteiger partial charge in [0.2, 0.25) is 0 Å². The van der Waals surface area contributed by atoms with Crippen molar-refractivity contribution in [1.82, 2.24) is 0 Å². The van der Waals surface area contributed by atoms with Gasteiger partial charge in [0.15, 0.2) is 5.44 Å². The van der Waals surface area contributed by atoms with Gasteiger partial charge in [0, 0.05) is 0 Å². The maximum atomic E-state index is 12.5. The fourth-order valence-electron chi connectivity index (χ4n) is 5.15. The van der Waals surface area contributed by atoms with Gasteiger partial charge in [0.05, 0.1) is 17.7 Å². The summed E-state index contributed by atoms with van der Waals surface area (Å²) in [5, 5.41) is 0. The fraction of sp³-hybridized carbons (Fsp3) is 0.765. The van der Waals surface area contributed by atoms with Gasteiger partial charge in [0.1, 0.15) is 10.1 Å². The van der Waals surface area contributed by atoms with E-state index in [0.29, 0.717) is 0 Å². The van der Waals surface area contributed by atoms with E-state index in [-0.39, 0.29) is 75.5 Å². The number of carbonyl (C=O) groups excluding carboxylic acids is 2. The van der Waals surface area contributed by atoms with Gasteiger partial charge in [-0.1, -0.05) is 154 Å². The molecule has 0 radical (unpaired) electrons. The average molecular weight is 649 g/mol. The Labute approximate surface area is 305 Å². The molecule has 9 heteroatoms. The van der Waals surface area contributed by atoms with Crippen LogP contribution in [0.15, 0.2) is 24.3 Å². The first kappa shape index (κ1) is 42.7. The first-order valence-corrected chi connectivity index (χ1v) is 18.2. The third-order valence-electron chi connectivity index (χ3n) is 7.74. The maximum absolute atomic E-state index is 12.5. The number of carbonyl (C=O) groups is 2. The molecule has 0 N–H and O–H groups in total. The number of ether oxygens (including phenoxy) is 2. The minimum absolute atomic E-state index is 0. The molecule has 0 aliphatic heterocycles. The van der Waals surface area contributed by atoms with Crippen molar-refractivity contribution in [2.75, 3.05) is 6.61 Å². The minimum atomic E-state index is -4.80. The van der Waals surface area contributed by atoms with Crippen LogP contribution < -0.4 is 51.4 Å². The number of hydrogen-bond donors (Lipinski definition) is 0. The van der Waals surface area contributed by atoms with Crippen LogP contribution in [-0.4, -0.2) is 37.0 Å². The molecule has 242 valence electrons. The molecule has 7 nitrogen and oxygen atoms in total. The van der Waals surface area contributed by atoms with Crippen LogP contribution in [0.1, 0.15) is 176 Å². The fourth-order valence-corrected chi connectivity index (χ4v) is 5.76. The van der Waals surface area contributed by atoms with Gasteiger partial charge in [-0.15, -0.1) is 0 Å². The van der Waals surface area contributed by atoms with Gasteiger partial charge in [-0.2, -0.15) is 0 Å². The summed E-state index contributed by atoms with van der Waals surface area (Å²) < 4.78 is 43.9. The summed E-state index contributed by atoms with van der Waals surface area (Å²) in [6.07, 6.45) is 27.2. The monoisotopic (exact) mass is 648 g/mol.